The predicted molar refractivity (Wildman–Crippen MR) is 96.3 cm³/mol. The van der Waals surface area contributed by atoms with E-state index >= 15 is 0 Å². The van der Waals surface area contributed by atoms with Crippen LogP contribution >= 0.6 is 0 Å². The first-order chi connectivity index (χ1) is 11.7. The predicted octanol–water partition coefficient (Wildman–Crippen LogP) is 2.50. The Hall–Kier alpha value is -2.18. The van der Waals surface area contributed by atoms with Crippen LogP contribution < -0.4 is 5.32 Å². The normalized spacial score (nSPS) is 20.5. The van der Waals surface area contributed by atoms with Crippen molar-refractivity contribution in [1.29, 1.82) is 5.41 Å². The minimum Gasteiger partial charge on any atom is -0.376 e. The molecule has 128 valence electrons. The number of nitrogens with one attached hydrogen (secondary N) is 4. The van der Waals surface area contributed by atoms with E-state index in [2.05, 4.69) is 26.6 Å². The number of H-pyrrole nitrogens is 2. The molecule has 1 aromatic heterocycles. The Morgan fingerprint density at radius 1 is 1.29 bits per heavy atom. The average molecular weight is 327 g/mol. The van der Waals surface area contributed by atoms with Crippen LogP contribution in [0.15, 0.2) is 41.2 Å². The molecule has 2 heterocycles. The van der Waals surface area contributed by atoms with Gasteiger partial charge in [0.15, 0.2) is 5.84 Å². The second-order valence-electron chi connectivity index (χ2n) is 6.24. The molecule has 6 heteroatoms. The Balaban J connectivity index is 1.87. The molecule has 0 aromatic carbocycles. The largest absolute Gasteiger partial charge is 0.376 e. The molecule has 1 saturated heterocycles. The van der Waals surface area contributed by atoms with Crippen molar-refractivity contribution >= 4 is 11.5 Å². The standard InChI is InChI=1S/C18H25N5O/c1-13-4-6-21-22-7-5-16(13)18(19)23-17(15-2-3-15)10-14-11-20-8-9-24-12-14/h4-7,10,15,19-22H,2-3,8-9,11-12H2,1H3/b6-4?,7-5?,14-10+,16-13?,19-18?,23-17?. The summed E-state index contributed by atoms with van der Waals surface area (Å²) < 4.78 is 5.59. The van der Waals surface area contributed by atoms with Crippen LogP contribution in [0.5, 0.6) is 0 Å². The molecule has 0 spiro atoms. The molecule has 0 atom stereocenters. The van der Waals surface area contributed by atoms with Gasteiger partial charge in [0, 0.05) is 42.7 Å². The first-order valence-electron chi connectivity index (χ1n) is 8.44. The number of nitrogens with zero attached hydrogens (tertiary/aromatic N) is 1. The summed E-state index contributed by atoms with van der Waals surface area (Å²) in [4.78, 5) is 4.66. The first kappa shape index (κ1) is 16.7. The van der Waals surface area contributed by atoms with Crippen LogP contribution in [-0.4, -0.2) is 48.0 Å². The summed E-state index contributed by atoms with van der Waals surface area (Å²) in [5.41, 5.74) is 4.05. The van der Waals surface area contributed by atoms with E-state index in [1.54, 1.807) is 6.20 Å². The summed E-state index contributed by atoms with van der Waals surface area (Å²) in [5, 5.41) is 17.6. The summed E-state index contributed by atoms with van der Waals surface area (Å²) in [6.07, 6.45) is 8.04. The van der Waals surface area contributed by atoms with Gasteiger partial charge < -0.3 is 20.3 Å². The highest BCUT2D eigenvalue weighted by atomic mass is 16.5. The summed E-state index contributed by atoms with van der Waals surface area (Å²) in [5.74, 6) is 0.785. The molecular weight excluding hydrogens is 302 g/mol. The van der Waals surface area contributed by atoms with Gasteiger partial charge in [-0.25, -0.2) is 4.99 Å². The molecule has 0 amide bonds. The maximum Gasteiger partial charge on any atom is 0.152 e. The van der Waals surface area contributed by atoms with Crippen LogP contribution in [0.2, 0.25) is 0 Å². The number of rotatable bonds is 3. The fourth-order valence-corrected chi connectivity index (χ4v) is 2.63. The lowest BCUT2D eigenvalue weighted by molar-refractivity contribution is 0.169. The number of aryl methyl sites for hydroxylation is 1. The van der Waals surface area contributed by atoms with Gasteiger partial charge in [0.1, 0.15) is 0 Å². The maximum absolute atomic E-state index is 8.44. The molecule has 24 heavy (non-hydrogen) atoms. The number of hydrogen-bond donors (Lipinski definition) is 4. The van der Waals surface area contributed by atoms with E-state index < -0.39 is 0 Å². The minimum absolute atomic E-state index is 0.304. The lowest BCUT2D eigenvalue weighted by Gasteiger charge is -2.07. The summed E-state index contributed by atoms with van der Waals surface area (Å²) >= 11 is 0. The van der Waals surface area contributed by atoms with Gasteiger partial charge in [-0.3, -0.25) is 5.41 Å². The number of hydrogen-bond acceptors (Lipinski definition) is 3. The summed E-state index contributed by atoms with van der Waals surface area (Å²) in [6.45, 7) is 5.09. The Bertz CT molecular complexity index is 682. The molecule has 1 aromatic rings. The van der Waals surface area contributed by atoms with Gasteiger partial charge in [0.05, 0.1) is 13.2 Å². The van der Waals surface area contributed by atoms with Gasteiger partial charge >= 0.3 is 0 Å². The third kappa shape index (κ3) is 4.66. The van der Waals surface area contributed by atoms with Crippen molar-refractivity contribution in [2.45, 2.75) is 19.8 Å². The number of aromatic amines is 2. The zero-order chi connectivity index (χ0) is 16.8. The molecule has 0 unspecified atom stereocenters. The Morgan fingerprint density at radius 2 is 2.08 bits per heavy atom. The average Bonchev–Trinajstić information content (AvgIpc) is 3.37. The maximum atomic E-state index is 8.44. The Labute approximate surface area is 142 Å². The van der Waals surface area contributed by atoms with Gasteiger partial charge in [0.25, 0.3) is 0 Å². The highest BCUT2D eigenvalue weighted by Gasteiger charge is 2.27. The van der Waals surface area contributed by atoms with E-state index in [1.807, 2.05) is 25.3 Å². The second-order valence-corrected chi connectivity index (χ2v) is 6.24. The molecule has 4 N–H and O–H groups in total. The van der Waals surface area contributed by atoms with Crippen LogP contribution in [-0.2, 0) is 4.74 Å². The Morgan fingerprint density at radius 3 is 2.88 bits per heavy atom. The number of amidine groups is 1. The Kier molecular flexibility index (Phi) is 5.61. The zero-order valence-electron chi connectivity index (χ0n) is 14.1. The highest BCUT2D eigenvalue weighted by Crippen LogP contribution is 2.32. The van der Waals surface area contributed by atoms with E-state index in [1.165, 1.54) is 5.57 Å². The monoisotopic (exact) mass is 327 g/mol. The van der Waals surface area contributed by atoms with Crippen LogP contribution in [0, 0.1) is 18.3 Å². The molecule has 6 nitrogen and oxygen atoms in total. The van der Waals surface area contributed by atoms with Crippen molar-refractivity contribution in [3.63, 3.8) is 0 Å². The van der Waals surface area contributed by atoms with Gasteiger partial charge in [-0.1, -0.05) is 0 Å². The van der Waals surface area contributed by atoms with Crippen molar-refractivity contribution in [1.82, 2.24) is 15.5 Å². The van der Waals surface area contributed by atoms with Crippen LogP contribution in [0.1, 0.15) is 24.0 Å². The van der Waals surface area contributed by atoms with Crippen molar-refractivity contribution in [2.24, 2.45) is 10.9 Å². The summed E-state index contributed by atoms with van der Waals surface area (Å²) in [6, 6.07) is 3.82. The fraction of sp³-hybridized carbons (Fsp3) is 0.444. The first-order valence-corrected chi connectivity index (χ1v) is 8.44. The van der Waals surface area contributed by atoms with Gasteiger partial charge in [-0.2, -0.15) is 0 Å². The molecular formula is C18H25N5O. The van der Waals surface area contributed by atoms with Crippen LogP contribution in [0.25, 0.3) is 0 Å². The van der Waals surface area contributed by atoms with E-state index in [4.69, 9.17) is 10.1 Å². The highest BCUT2D eigenvalue weighted by molar-refractivity contribution is 6.11. The van der Waals surface area contributed by atoms with E-state index in [0.29, 0.717) is 18.4 Å². The van der Waals surface area contributed by atoms with Crippen molar-refractivity contribution < 1.29 is 4.74 Å². The quantitative estimate of drug-likeness (QED) is 0.507. The minimum atomic E-state index is 0.304. The SMILES string of the molecule is Cc1cc[nH][nH]ccc1C(=N)N=C(/C=C1\CNCCOC1)C1CC1. The molecule has 1 saturated carbocycles. The zero-order valence-corrected chi connectivity index (χ0v) is 14.1. The number of allylic oxidation sites excluding steroid dienone is 1. The molecule has 3 rings (SSSR count). The fourth-order valence-electron chi connectivity index (χ4n) is 2.63. The van der Waals surface area contributed by atoms with Crippen molar-refractivity contribution in [2.75, 3.05) is 26.3 Å². The van der Waals surface area contributed by atoms with E-state index in [0.717, 1.165) is 49.4 Å². The number of aromatic nitrogens is 2. The van der Waals surface area contributed by atoms with Crippen LogP contribution in [0.4, 0.5) is 0 Å². The van der Waals surface area contributed by atoms with Gasteiger partial charge in [-0.15, -0.1) is 0 Å². The second kappa shape index (κ2) is 8.08. The van der Waals surface area contributed by atoms with E-state index in [-0.39, 0.29) is 0 Å². The van der Waals surface area contributed by atoms with E-state index in [9.17, 15) is 0 Å². The van der Waals surface area contributed by atoms with Gasteiger partial charge in [0.2, 0.25) is 0 Å². The lowest BCUT2D eigenvalue weighted by Crippen LogP contribution is -2.18. The third-order valence-electron chi connectivity index (χ3n) is 4.16. The molecule has 2 aliphatic rings. The van der Waals surface area contributed by atoms with Crippen LogP contribution in [0.3, 0.4) is 0 Å². The molecule has 0 bridgehead atoms. The van der Waals surface area contributed by atoms with Gasteiger partial charge in [-0.05, 0) is 49.1 Å². The van der Waals surface area contributed by atoms with Crippen molar-refractivity contribution in [3.8, 4) is 0 Å². The lowest BCUT2D eigenvalue weighted by atomic mass is 10.1. The van der Waals surface area contributed by atoms with Crippen molar-refractivity contribution in [3.05, 3.63) is 47.3 Å². The number of aliphatic imine (C=N–C) groups is 1. The molecule has 1 aliphatic heterocycles. The molecule has 1 aliphatic carbocycles. The smallest absolute Gasteiger partial charge is 0.152 e. The third-order valence-corrected chi connectivity index (χ3v) is 4.16. The summed E-state index contributed by atoms with van der Waals surface area (Å²) in [7, 11) is 0. The molecule has 2 fully saturated rings. The topological polar surface area (TPSA) is 89.0 Å². The molecule has 0 radical (unpaired) electrons. The number of ether oxygens (including phenoxy) is 1.